The van der Waals surface area contributed by atoms with Gasteiger partial charge in [0.05, 0.1) is 5.52 Å². The maximum atomic E-state index is 6.12. The van der Waals surface area contributed by atoms with Crippen LogP contribution in [0.3, 0.4) is 0 Å². The van der Waals surface area contributed by atoms with Crippen LogP contribution < -0.4 is 10.6 Å². The molecular formula is C22H28Cl5N3. The number of hydrogen-bond acceptors (Lipinski definition) is 3. The molecular weight excluding hydrogens is 484 g/mol. The summed E-state index contributed by atoms with van der Waals surface area (Å²) in [5.74, 6) is 0. The molecule has 0 unspecified atom stereocenters. The number of pyridine rings is 1. The van der Waals surface area contributed by atoms with Gasteiger partial charge in [-0.1, -0.05) is 54.8 Å². The Kier molecular flexibility index (Phi) is 13.7. The standard InChI is InChI=1S/C22H24ClN3.4ClH/c23-17-10-11-18-19(12-13-24-22(18)14-17)26-21-9-5-4-8-20(21)25-15-16-6-2-1-3-7-16;;;;/h1-3,6-7,10-14,20-21,25H,4-5,8-9,15H2,(H,24,26);4*1H/t20-,21-;;;;/m0..../s1. The van der Waals surface area contributed by atoms with Gasteiger partial charge < -0.3 is 10.6 Å². The van der Waals surface area contributed by atoms with Gasteiger partial charge in [0.15, 0.2) is 0 Å². The first kappa shape index (κ1) is 29.1. The van der Waals surface area contributed by atoms with E-state index < -0.39 is 0 Å². The lowest BCUT2D eigenvalue weighted by Crippen LogP contribution is -2.45. The Morgan fingerprint density at radius 2 is 1.57 bits per heavy atom. The molecule has 0 bridgehead atoms. The van der Waals surface area contributed by atoms with Gasteiger partial charge in [0, 0.05) is 40.9 Å². The molecule has 0 amide bonds. The van der Waals surface area contributed by atoms with E-state index in [1.165, 1.54) is 31.2 Å². The van der Waals surface area contributed by atoms with E-state index in [9.17, 15) is 0 Å². The summed E-state index contributed by atoms with van der Waals surface area (Å²) in [6, 6.07) is 19.5. The Labute approximate surface area is 208 Å². The molecule has 1 aromatic heterocycles. The first-order valence-electron chi connectivity index (χ1n) is 9.38. The summed E-state index contributed by atoms with van der Waals surface area (Å²) in [6.07, 6.45) is 6.81. The maximum Gasteiger partial charge on any atom is 0.0737 e. The molecule has 1 aliphatic carbocycles. The van der Waals surface area contributed by atoms with Crippen molar-refractivity contribution in [2.75, 3.05) is 5.32 Å². The zero-order valence-electron chi connectivity index (χ0n) is 16.4. The zero-order valence-corrected chi connectivity index (χ0v) is 20.4. The van der Waals surface area contributed by atoms with E-state index in [1.54, 1.807) is 0 Å². The number of aromatic nitrogens is 1. The third-order valence-corrected chi connectivity index (χ3v) is 5.46. The molecule has 1 saturated carbocycles. The third kappa shape index (κ3) is 7.33. The Balaban J connectivity index is 0.00000210. The van der Waals surface area contributed by atoms with Crippen LogP contribution in [-0.4, -0.2) is 17.1 Å². The van der Waals surface area contributed by atoms with E-state index >= 15 is 0 Å². The Morgan fingerprint density at radius 3 is 2.30 bits per heavy atom. The van der Waals surface area contributed by atoms with Crippen molar-refractivity contribution in [3.05, 3.63) is 71.4 Å². The zero-order chi connectivity index (χ0) is 17.8. The number of anilines is 1. The summed E-state index contributed by atoms with van der Waals surface area (Å²) in [5.41, 5.74) is 3.41. The van der Waals surface area contributed by atoms with Crippen molar-refractivity contribution >= 4 is 77.8 Å². The van der Waals surface area contributed by atoms with E-state index in [0.717, 1.165) is 28.2 Å². The number of benzene rings is 2. The monoisotopic (exact) mass is 509 g/mol. The van der Waals surface area contributed by atoms with Crippen molar-refractivity contribution in [2.45, 2.75) is 44.3 Å². The second-order valence-corrected chi connectivity index (χ2v) is 7.46. The van der Waals surface area contributed by atoms with Crippen LogP contribution in [0, 0.1) is 0 Å². The lowest BCUT2D eigenvalue weighted by Gasteiger charge is -2.34. The van der Waals surface area contributed by atoms with E-state index in [0.29, 0.717) is 12.1 Å². The van der Waals surface area contributed by atoms with Crippen molar-refractivity contribution in [3.63, 3.8) is 0 Å². The van der Waals surface area contributed by atoms with E-state index in [2.05, 4.69) is 58.1 Å². The average molecular weight is 512 g/mol. The molecule has 2 atom stereocenters. The largest absolute Gasteiger partial charge is 0.380 e. The molecule has 1 aliphatic rings. The van der Waals surface area contributed by atoms with Crippen LogP contribution in [0.25, 0.3) is 10.9 Å². The van der Waals surface area contributed by atoms with Crippen LogP contribution in [0.1, 0.15) is 31.2 Å². The predicted octanol–water partition coefficient (Wildman–Crippen LogP) is 7.09. The fourth-order valence-electron chi connectivity index (χ4n) is 3.84. The Bertz CT molecular complexity index is 879. The molecule has 0 saturated heterocycles. The highest BCUT2D eigenvalue weighted by Gasteiger charge is 2.25. The first-order valence-corrected chi connectivity index (χ1v) is 9.75. The summed E-state index contributed by atoms with van der Waals surface area (Å²) in [7, 11) is 0. The molecule has 166 valence electrons. The number of nitrogens with zero attached hydrogens (tertiary/aromatic N) is 1. The topological polar surface area (TPSA) is 37.0 Å². The fourth-order valence-corrected chi connectivity index (χ4v) is 4.01. The SMILES string of the molecule is Cl.Cl.Cl.Cl.Clc1ccc2c(N[C@H]3CCCC[C@@H]3NCc3ccccc3)ccnc2c1. The molecule has 0 radical (unpaired) electrons. The number of halogens is 5. The van der Waals surface area contributed by atoms with Crippen LogP contribution in [0.4, 0.5) is 5.69 Å². The van der Waals surface area contributed by atoms with Crippen molar-refractivity contribution in [1.29, 1.82) is 0 Å². The van der Waals surface area contributed by atoms with Crippen LogP contribution >= 0.6 is 61.2 Å². The van der Waals surface area contributed by atoms with Gasteiger partial charge in [-0.25, -0.2) is 0 Å². The molecule has 8 heteroatoms. The van der Waals surface area contributed by atoms with Crippen LogP contribution in [0.5, 0.6) is 0 Å². The molecule has 1 fully saturated rings. The molecule has 0 spiro atoms. The highest BCUT2D eigenvalue weighted by atomic mass is 35.5. The van der Waals surface area contributed by atoms with Crippen LogP contribution in [0.2, 0.25) is 5.02 Å². The number of hydrogen-bond donors (Lipinski definition) is 2. The molecule has 1 heterocycles. The predicted molar refractivity (Wildman–Crippen MR) is 139 cm³/mol. The van der Waals surface area contributed by atoms with Crippen molar-refractivity contribution in [3.8, 4) is 0 Å². The summed E-state index contributed by atoms with van der Waals surface area (Å²) >= 11 is 6.12. The number of fused-ring (bicyclic) bond motifs is 1. The molecule has 30 heavy (non-hydrogen) atoms. The Morgan fingerprint density at radius 1 is 0.867 bits per heavy atom. The summed E-state index contributed by atoms with van der Waals surface area (Å²) in [5, 5.41) is 9.40. The second kappa shape index (κ2) is 14.2. The minimum absolute atomic E-state index is 0. The number of rotatable bonds is 5. The summed E-state index contributed by atoms with van der Waals surface area (Å²) in [4.78, 5) is 4.45. The summed E-state index contributed by atoms with van der Waals surface area (Å²) in [6.45, 7) is 0.913. The quantitative estimate of drug-likeness (QED) is 0.384. The normalized spacial score (nSPS) is 17.5. The molecule has 2 aromatic carbocycles. The van der Waals surface area contributed by atoms with Gasteiger partial charge in [-0.05, 0) is 42.7 Å². The van der Waals surface area contributed by atoms with E-state index in [-0.39, 0.29) is 49.6 Å². The molecule has 3 nitrogen and oxygen atoms in total. The van der Waals surface area contributed by atoms with Gasteiger partial charge in [-0.15, -0.1) is 49.6 Å². The fraction of sp³-hybridized carbons (Fsp3) is 0.318. The van der Waals surface area contributed by atoms with Crippen molar-refractivity contribution in [1.82, 2.24) is 10.3 Å². The van der Waals surface area contributed by atoms with Crippen molar-refractivity contribution < 1.29 is 0 Å². The highest BCUT2D eigenvalue weighted by molar-refractivity contribution is 6.31. The second-order valence-electron chi connectivity index (χ2n) is 7.03. The van der Waals surface area contributed by atoms with Crippen molar-refractivity contribution in [2.24, 2.45) is 0 Å². The lowest BCUT2D eigenvalue weighted by atomic mass is 9.89. The maximum absolute atomic E-state index is 6.12. The van der Waals surface area contributed by atoms with Gasteiger partial charge >= 0.3 is 0 Å². The molecule has 3 aromatic rings. The highest BCUT2D eigenvalue weighted by Crippen LogP contribution is 2.28. The van der Waals surface area contributed by atoms with Crippen LogP contribution in [-0.2, 0) is 6.54 Å². The molecule has 2 N–H and O–H groups in total. The average Bonchev–Trinajstić information content (AvgIpc) is 2.68. The first-order chi connectivity index (χ1) is 12.8. The summed E-state index contributed by atoms with van der Waals surface area (Å²) < 4.78 is 0. The smallest absolute Gasteiger partial charge is 0.0737 e. The molecule has 4 rings (SSSR count). The van der Waals surface area contributed by atoms with Gasteiger partial charge in [0.2, 0.25) is 0 Å². The lowest BCUT2D eigenvalue weighted by molar-refractivity contribution is 0.342. The van der Waals surface area contributed by atoms with Gasteiger partial charge in [0.25, 0.3) is 0 Å². The van der Waals surface area contributed by atoms with E-state index in [1.807, 2.05) is 18.3 Å². The van der Waals surface area contributed by atoms with Gasteiger partial charge in [-0.2, -0.15) is 0 Å². The number of nitrogens with one attached hydrogen (secondary N) is 2. The van der Waals surface area contributed by atoms with Gasteiger partial charge in [0.1, 0.15) is 0 Å². The molecule has 0 aliphatic heterocycles. The van der Waals surface area contributed by atoms with Crippen LogP contribution in [0.15, 0.2) is 60.8 Å². The third-order valence-electron chi connectivity index (χ3n) is 5.22. The Hall–Kier alpha value is -0.940. The minimum atomic E-state index is 0. The minimum Gasteiger partial charge on any atom is -0.380 e. The van der Waals surface area contributed by atoms with E-state index in [4.69, 9.17) is 11.6 Å². The van der Waals surface area contributed by atoms with Gasteiger partial charge in [-0.3, -0.25) is 4.98 Å².